The van der Waals surface area contributed by atoms with Crippen molar-refractivity contribution in [2.75, 3.05) is 19.8 Å². The second-order valence-corrected chi connectivity index (χ2v) is 4.98. The van der Waals surface area contributed by atoms with Crippen LogP contribution in [-0.2, 0) is 10.3 Å². The second-order valence-electron chi connectivity index (χ2n) is 4.98. The monoisotopic (exact) mass is 274 g/mol. The van der Waals surface area contributed by atoms with E-state index in [0.717, 1.165) is 25.1 Å². The molecule has 0 saturated carbocycles. The summed E-state index contributed by atoms with van der Waals surface area (Å²) < 4.78 is 5.67. The summed E-state index contributed by atoms with van der Waals surface area (Å²) in [5, 5.41) is 13.0. The van der Waals surface area contributed by atoms with Crippen molar-refractivity contribution < 1.29 is 4.74 Å². The van der Waals surface area contributed by atoms with E-state index in [1.165, 1.54) is 12.8 Å². The van der Waals surface area contributed by atoms with Crippen molar-refractivity contribution in [3.63, 3.8) is 0 Å². The Morgan fingerprint density at radius 1 is 1.15 bits per heavy atom. The first-order chi connectivity index (χ1) is 9.79. The van der Waals surface area contributed by atoms with Crippen LogP contribution in [0.3, 0.4) is 0 Å². The molecule has 1 rings (SSSR count). The molecule has 0 aliphatic carbocycles. The zero-order valence-electron chi connectivity index (χ0n) is 12.7. The van der Waals surface area contributed by atoms with E-state index in [-0.39, 0.29) is 0 Å². The van der Waals surface area contributed by atoms with Crippen LogP contribution in [0.2, 0.25) is 0 Å². The number of unbranched alkanes of at least 4 members (excludes halogenated alkanes) is 2. The number of hydrogen-bond donors (Lipinski definition) is 1. The van der Waals surface area contributed by atoms with Crippen LogP contribution in [0.15, 0.2) is 30.3 Å². The second kappa shape index (κ2) is 9.52. The van der Waals surface area contributed by atoms with E-state index in [9.17, 15) is 5.26 Å². The summed E-state index contributed by atoms with van der Waals surface area (Å²) in [7, 11) is 0. The average molecular weight is 274 g/mol. The number of nitriles is 1. The Kier molecular flexibility index (Phi) is 7.94. The van der Waals surface area contributed by atoms with Gasteiger partial charge in [-0.2, -0.15) is 5.26 Å². The number of benzene rings is 1. The quantitative estimate of drug-likeness (QED) is 0.663. The first-order valence-electron chi connectivity index (χ1n) is 7.58. The highest BCUT2D eigenvalue weighted by Gasteiger charge is 2.30. The Labute approximate surface area is 123 Å². The van der Waals surface area contributed by atoms with Crippen LogP contribution in [-0.4, -0.2) is 19.8 Å². The molecule has 0 aromatic heterocycles. The van der Waals surface area contributed by atoms with Crippen molar-refractivity contribution >= 4 is 0 Å². The number of ether oxygens (including phenoxy) is 1. The minimum atomic E-state index is -0.638. The van der Waals surface area contributed by atoms with Crippen molar-refractivity contribution in [3.05, 3.63) is 35.9 Å². The molecule has 0 amide bonds. The molecule has 0 radical (unpaired) electrons. The molecule has 0 aliphatic rings. The fourth-order valence-corrected chi connectivity index (χ4v) is 2.30. The van der Waals surface area contributed by atoms with Gasteiger partial charge in [-0.25, -0.2) is 0 Å². The third-order valence-electron chi connectivity index (χ3n) is 3.45. The molecule has 0 aliphatic heterocycles. The first kappa shape index (κ1) is 16.7. The molecule has 1 aromatic rings. The van der Waals surface area contributed by atoms with E-state index in [1.54, 1.807) is 0 Å². The largest absolute Gasteiger partial charge is 0.381 e. The maximum Gasteiger partial charge on any atom is 0.134 e. The van der Waals surface area contributed by atoms with Crippen LogP contribution >= 0.6 is 0 Å². The molecule has 0 saturated heterocycles. The molecule has 20 heavy (non-hydrogen) atoms. The number of rotatable bonds is 10. The predicted octanol–water partition coefficient (Wildman–Crippen LogP) is 3.61. The normalized spacial score (nSPS) is 13.7. The summed E-state index contributed by atoms with van der Waals surface area (Å²) >= 11 is 0. The summed E-state index contributed by atoms with van der Waals surface area (Å²) in [4.78, 5) is 0. The number of hydrogen-bond acceptors (Lipinski definition) is 3. The fourth-order valence-electron chi connectivity index (χ4n) is 2.30. The van der Waals surface area contributed by atoms with E-state index in [4.69, 9.17) is 4.74 Å². The van der Waals surface area contributed by atoms with Gasteiger partial charge in [-0.3, -0.25) is 5.32 Å². The Bertz CT molecular complexity index is 399. The van der Waals surface area contributed by atoms with Gasteiger partial charge in [0.15, 0.2) is 0 Å². The third kappa shape index (κ3) is 4.96. The molecule has 1 N–H and O–H groups in total. The van der Waals surface area contributed by atoms with Crippen molar-refractivity contribution in [3.8, 4) is 6.07 Å². The number of nitrogens with one attached hydrogen (secondary N) is 1. The van der Waals surface area contributed by atoms with E-state index in [0.29, 0.717) is 13.0 Å². The third-order valence-corrected chi connectivity index (χ3v) is 3.45. The van der Waals surface area contributed by atoms with Crippen LogP contribution in [0, 0.1) is 11.3 Å². The average Bonchev–Trinajstić information content (AvgIpc) is 2.50. The molecule has 1 atom stereocenters. The van der Waals surface area contributed by atoms with Crippen LogP contribution in [0.25, 0.3) is 0 Å². The van der Waals surface area contributed by atoms with Crippen LogP contribution in [0.1, 0.15) is 45.1 Å². The van der Waals surface area contributed by atoms with Crippen molar-refractivity contribution in [1.29, 1.82) is 5.26 Å². The first-order valence-corrected chi connectivity index (χ1v) is 7.58. The standard InChI is InChI=1S/C17H26N2O/c1-3-5-9-13-20-14-12-17(15-18,19-4-2)16-10-7-6-8-11-16/h6-8,10-11,19H,3-5,9,12-14H2,1-2H3. The maximum absolute atomic E-state index is 9.63. The molecule has 110 valence electrons. The van der Waals surface area contributed by atoms with Gasteiger partial charge in [0.1, 0.15) is 5.54 Å². The Balaban J connectivity index is 2.59. The summed E-state index contributed by atoms with van der Waals surface area (Å²) in [6.45, 7) is 6.37. The molecular formula is C17H26N2O. The maximum atomic E-state index is 9.63. The summed E-state index contributed by atoms with van der Waals surface area (Å²) in [5.41, 5.74) is 0.377. The summed E-state index contributed by atoms with van der Waals surface area (Å²) in [5.74, 6) is 0. The topological polar surface area (TPSA) is 45.0 Å². The smallest absolute Gasteiger partial charge is 0.134 e. The molecule has 1 aromatic carbocycles. The predicted molar refractivity (Wildman–Crippen MR) is 82.4 cm³/mol. The van der Waals surface area contributed by atoms with Crippen LogP contribution < -0.4 is 5.32 Å². The van der Waals surface area contributed by atoms with E-state index < -0.39 is 5.54 Å². The van der Waals surface area contributed by atoms with Gasteiger partial charge in [-0.1, -0.05) is 57.0 Å². The van der Waals surface area contributed by atoms with E-state index >= 15 is 0 Å². The lowest BCUT2D eigenvalue weighted by atomic mass is 9.88. The summed E-state index contributed by atoms with van der Waals surface area (Å²) in [6, 6.07) is 12.4. The Morgan fingerprint density at radius 3 is 2.50 bits per heavy atom. The molecule has 0 bridgehead atoms. The van der Waals surface area contributed by atoms with Crippen molar-refractivity contribution in [2.45, 2.75) is 45.1 Å². The minimum absolute atomic E-state index is 0.610. The van der Waals surface area contributed by atoms with E-state index in [2.05, 4.69) is 18.3 Å². The SMILES string of the molecule is CCCCCOCCC(C#N)(NCC)c1ccccc1. The molecule has 3 heteroatoms. The van der Waals surface area contributed by atoms with Crippen molar-refractivity contribution in [1.82, 2.24) is 5.32 Å². The highest BCUT2D eigenvalue weighted by atomic mass is 16.5. The molecular weight excluding hydrogens is 248 g/mol. The van der Waals surface area contributed by atoms with Gasteiger partial charge in [-0.15, -0.1) is 0 Å². The van der Waals surface area contributed by atoms with Gasteiger partial charge >= 0.3 is 0 Å². The minimum Gasteiger partial charge on any atom is -0.381 e. The van der Waals surface area contributed by atoms with Crippen LogP contribution in [0.5, 0.6) is 0 Å². The van der Waals surface area contributed by atoms with E-state index in [1.807, 2.05) is 37.3 Å². The van der Waals surface area contributed by atoms with Gasteiger partial charge in [0.2, 0.25) is 0 Å². The zero-order valence-corrected chi connectivity index (χ0v) is 12.7. The summed E-state index contributed by atoms with van der Waals surface area (Å²) in [6.07, 6.45) is 4.18. The molecule has 0 heterocycles. The Hall–Kier alpha value is -1.37. The van der Waals surface area contributed by atoms with Gasteiger partial charge in [0.05, 0.1) is 6.07 Å². The van der Waals surface area contributed by atoms with Gasteiger partial charge in [0, 0.05) is 19.6 Å². The van der Waals surface area contributed by atoms with Crippen molar-refractivity contribution in [2.24, 2.45) is 0 Å². The van der Waals surface area contributed by atoms with Crippen LogP contribution in [0.4, 0.5) is 0 Å². The highest BCUT2D eigenvalue weighted by Crippen LogP contribution is 2.24. The molecule has 0 spiro atoms. The lowest BCUT2D eigenvalue weighted by molar-refractivity contribution is 0.112. The molecule has 1 unspecified atom stereocenters. The lowest BCUT2D eigenvalue weighted by Crippen LogP contribution is -2.42. The lowest BCUT2D eigenvalue weighted by Gasteiger charge is -2.28. The fraction of sp³-hybridized carbons (Fsp3) is 0.588. The van der Waals surface area contributed by atoms with Gasteiger partial charge < -0.3 is 4.74 Å². The Morgan fingerprint density at radius 2 is 1.90 bits per heavy atom. The van der Waals surface area contributed by atoms with Gasteiger partial charge in [0.25, 0.3) is 0 Å². The number of nitrogens with zero attached hydrogens (tertiary/aromatic N) is 1. The molecule has 3 nitrogen and oxygen atoms in total. The zero-order chi connectivity index (χ0) is 14.7. The van der Waals surface area contributed by atoms with Gasteiger partial charge in [-0.05, 0) is 18.5 Å². The highest BCUT2D eigenvalue weighted by molar-refractivity contribution is 5.31. The molecule has 0 fully saturated rings.